The van der Waals surface area contributed by atoms with Crippen LogP contribution in [0.2, 0.25) is 0 Å². The molecule has 1 unspecified atom stereocenters. The van der Waals surface area contributed by atoms with Crippen LogP contribution in [0, 0.1) is 5.92 Å². The first-order valence-electron chi connectivity index (χ1n) is 4.94. The van der Waals surface area contributed by atoms with Crippen LogP contribution < -0.4 is 16.4 Å². The largest absolute Gasteiger partial charge is 0.368 e. The number of hydrogen-bond donors (Lipinski definition) is 3. The molecule has 2 amide bonds. The van der Waals surface area contributed by atoms with Crippen LogP contribution in [-0.4, -0.2) is 31.4 Å². The lowest BCUT2D eigenvalue weighted by Crippen LogP contribution is -2.33. The molecule has 80 valence electrons. The van der Waals surface area contributed by atoms with E-state index >= 15 is 0 Å². The number of primary amides is 1. The topological polar surface area (TPSA) is 84.2 Å². The van der Waals surface area contributed by atoms with Gasteiger partial charge in [0.1, 0.15) is 0 Å². The van der Waals surface area contributed by atoms with Crippen molar-refractivity contribution in [1.29, 1.82) is 0 Å². The van der Waals surface area contributed by atoms with Crippen LogP contribution in [-0.2, 0) is 9.59 Å². The van der Waals surface area contributed by atoms with Crippen molar-refractivity contribution in [3.05, 3.63) is 0 Å². The van der Waals surface area contributed by atoms with E-state index in [-0.39, 0.29) is 12.5 Å². The maximum absolute atomic E-state index is 11.2. The quantitative estimate of drug-likeness (QED) is 0.530. The molecular formula is C9H17N3O2. The first-order chi connectivity index (χ1) is 6.68. The van der Waals surface area contributed by atoms with Crippen molar-refractivity contribution in [2.24, 2.45) is 11.7 Å². The van der Waals surface area contributed by atoms with Gasteiger partial charge in [0, 0.05) is 6.42 Å². The SMILES string of the molecule is NC(=O)CNC(=O)CCC1CCNC1. The van der Waals surface area contributed by atoms with Gasteiger partial charge < -0.3 is 16.4 Å². The van der Waals surface area contributed by atoms with Crippen LogP contribution in [0.5, 0.6) is 0 Å². The van der Waals surface area contributed by atoms with Crippen molar-refractivity contribution in [2.75, 3.05) is 19.6 Å². The molecule has 5 nitrogen and oxygen atoms in total. The van der Waals surface area contributed by atoms with Gasteiger partial charge in [0.25, 0.3) is 0 Å². The zero-order chi connectivity index (χ0) is 10.4. The highest BCUT2D eigenvalue weighted by Gasteiger charge is 2.15. The lowest BCUT2D eigenvalue weighted by Gasteiger charge is -2.07. The Kier molecular flexibility index (Phi) is 4.39. The predicted octanol–water partition coefficient (Wildman–Crippen LogP) is -1.02. The molecule has 5 heteroatoms. The number of hydrogen-bond acceptors (Lipinski definition) is 3. The highest BCUT2D eigenvalue weighted by molar-refractivity contribution is 5.83. The van der Waals surface area contributed by atoms with Crippen molar-refractivity contribution in [2.45, 2.75) is 19.3 Å². The molecule has 0 aromatic heterocycles. The van der Waals surface area contributed by atoms with E-state index in [0.29, 0.717) is 12.3 Å². The van der Waals surface area contributed by atoms with Crippen LogP contribution >= 0.6 is 0 Å². The van der Waals surface area contributed by atoms with Crippen LogP contribution in [0.4, 0.5) is 0 Å². The van der Waals surface area contributed by atoms with Gasteiger partial charge in [-0.1, -0.05) is 0 Å². The average Bonchev–Trinajstić information content (AvgIpc) is 2.63. The normalized spacial score (nSPS) is 20.7. The van der Waals surface area contributed by atoms with Gasteiger partial charge in [0.05, 0.1) is 6.54 Å². The average molecular weight is 199 g/mol. The molecule has 1 fully saturated rings. The summed E-state index contributed by atoms with van der Waals surface area (Å²) in [6.45, 7) is 2.00. The molecule has 1 atom stereocenters. The molecule has 14 heavy (non-hydrogen) atoms. The van der Waals surface area contributed by atoms with Crippen LogP contribution in [0.25, 0.3) is 0 Å². The summed E-state index contributed by atoms with van der Waals surface area (Å²) in [7, 11) is 0. The maximum atomic E-state index is 11.2. The summed E-state index contributed by atoms with van der Waals surface area (Å²) in [5, 5.41) is 5.71. The van der Waals surface area contributed by atoms with E-state index in [1.54, 1.807) is 0 Å². The summed E-state index contributed by atoms with van der Waals surface area (Å²) >= 11 is 0. The molecule has 1 heterocycles. The van der Waals surface area contributed by atoms with Gasteiger partial charge in [0.2, 0.25) is 11.8 Å². The number of carbonyl (C=O) groups excluding carboxylic acids is 2. The van der Waals surface area contributed by atoms with E-state index < -0.39 is 5.91 Å². The Morgan fingerprint density at radius 2 is 2.29 bits per heavy atom. The summed E-state index contributed by atoms with van der Waals surface area (Å²) in [6, 6.07) is 0. The van der Waals surface area contributed by atoms with E-state index in [2.05, 4.69) is 10.6 Å². The molecule has 0 saturated carbocycles. The highest BCUT2D eigenvalue weighted by atomic mass is 16.2. The summed E-state index contributed by atoms with van der Waals surface area (Å²) in [4.78, 5) is 21.5. The molecule has 0 aromatic rings. The molecule has 0 spiro atoms. The van der Waals surface area contributed by atoms with Gasteiger partial charge in [-0.05, 0) is 31.8 Å². The smallest absolute Gasteiger partial charge is 0.236 e. The fraction of sp³-hybridized carbons (Fsp3) is 0.778. The zero-order valence-electron chi connectivity index (χ0n) is 8.21. The highest BCUT2D eigenvalue weighted by Crippen LogP contribution is 2.13. The third-order valence-electron chi connectivity index (χ3n) is 2.40. The molecule has 4 N–H and O–H groups in total. The number of nitrogens with two attached hydrogens (primary N) is 1. The third-order valence-corrected chi connectivity index (χ3v) is 2.40. The molecule has 1 rings (SSSR count). The van der Waals surface area contributed by atoms with Gasteiger partial charge in [0.15, 0.2) is 0 Å². The van der Waals surface area contributed by atoms with Crippen LogP contribution in [0.15, 0.2) is 0 Å². The minimum atomic E-state index is -0.499. The zero-order valence-corrected chi connectivity index (χ0v) is 8.21. The minimum Gasteiger partial charge on any atom is -0.368 e. The number of nitrogens with one attached hydrogen (secondary N) is 2. The fourth-order valence-corrected chi connectivity index (χ4v) is 1.57. The summed E-state index contributed by atoms with van der Waals surface area (Å²) in [5.74, 6) is 0.0194. The molecule has 1 aliphatic rings. The van der Waals surface area contributed by atoms with E-state index in [9.17, 15) is 9.59 Å². The van der Waals surface area contributed by atoms with E-state index in [1.807, 2.05) is 0 Å². The van der Waals surface area contributed by atoms with Crippen LogP contribution in [0.3, 0.4) is 0 Å². The Labute approximate surface area is 83.4 Å². The molecule has 0 radical (unpaired) electrons. The molecule has 0 aromatic carbocycles. The number of amides is 2. The fourth-order valence-electron chi connectivity index (χ4n) is 1.57. The second-order valence-corrected chi connectivity index (χ2v) is 3.64. The Balaban J connectivity index is 2.05. The van der Waals surface area contributed by atoms with Crippen molar-refractivity contribution < 1.29 is 9.59 Å². The van der Waals surface area contributed by atoms with Gasteiger partial charge in [-0.15, -0.1) is 0 Å². The Hall–Kier alpha value is -1.10. The first kappa shape index (κ1) is 11.0. The van der Waals surface area contributed by atoms with Gasteiger partial charge in [-0.3, -0.25) is 9.59 Å². The summed E-state index contributed by atoms with van der Waals surface area (Å²) < 4.78 is 0. The molecule has 1 saturated heterocycles. The standard InChI is InChI=1S/C9H17N3O2/c10-8(13)6-12-9(14)2-1-7-3-4-11-5-7/h7,11H,1-6H2,(H2,10,13)(H,12,14). The maximum Gasteiger partial charge on any atom is 0.236 e. The number of carbonyl (C=O) groups is 2. The van der Waals surface area contributed by atoms with E-state index in [0.717, 1.165) is 25.9 Å². The third kappa shape index (κ3) is 4.23. The minimum absolute atomic E-state index is 0.0538. The van der Waals surface area contributed by atoms with Crippen molar-refractivity contribution in [1.82, 2.24) is 10.6 Å². The van der Waals surface area contributed by atoms with E-state index in [1.165, 1.54) is 0 Å². The van der Waals surface area contributed by atoms with Gasteiger partial charge >= 0.3 is 0 Å². The Bertz CT molecular complexity index is 212. The number of rotatable bonds is 5. The van der Waals surface area contributed by atoms with Gasteiger partial charge in [-0.2, -0.15) is 0 Å². The summed E-state index contributed by atoms with van der Waals surface area (Å²) in [6.07, 6.45) is 2.51. The molecule has 0 bridgehead atoms. The van der Waals surface area contributed by atoms with Gasteiger partial charge in [-0.25, -0.2) is 0 Å². The van der Waals surface area contributed by atoms with Crippen LogP contribution in [0.1, 0.15) is 19.3 Å². The lowest BCUT2D eigenvalue weighted by molar-refractivity contribution is -0.125. The lowest BCUT2D eigenvalue weighted by atomic mass is 10.0. The second kappa shape index (κ2) is 5.59. The van der Waals surface area contributed by atoms with E-state index in [4.69, 9.17) is 5.73 Å². The molecular weight excluding hydrogens is 182 g/mol. The summed E-state index contributed by atoms with van der Waals surface area (Å²) in [5.41, 5.74) is 4.90. The molecule has 0 aliphatic carbocycles. The first-order valence-corrected chi connectivity index (χ1v) is 4.94. The second-order valence-electron chi connectivity index (χ2n) is 3.64. The van der Waals surface area contributed by atoms with Crippen molar-refractivity contribution in [3.8, 4) is 0 Å². The van der Waals surface area contributed by atoms with Crippen molar-refractivity contribution in [3.63, 3.8) is 0 Å². The predicted molar refractivity (Wildman–Crippen MR) is 52.4 cm³/mol. The molecule has 1 aliphatic heterocycles. The van der Waals surface area contributed by atoms with Crippen molar-refractivity contribution >= 4 is 11.8 Å². The monoisotopic (exact) mass is 199 g/mol. The Morgan fingerprint density at radius 1 is 1.50 bits per heavy atom. The Morgan fingerprint density at radius 3 is 2.86 bits per heavy atom.